The molecule has 0 amide bonds. The molecule has 3 rings (SSSR count). The maximum Gasteiger partial charge on any atom is 0.194 e. The van der Waals surface area contributed by atoms with Gasteiger partial charge < -0.3 is 9.88 Å². The zero-order chi connectivity index (χ0) is 11.7. The molecular weight excluding hydrogens is 216 g/mol. The van der Waals surface area contributed by atoms with E-state index in [1.807, 2.05) is 0 Å². The second kappa shape index (κ2) is 4.29. The van der Waals surface area contributed by atoms with Crippen LogP contribution in [0.3, 0.4) is 0 Å². The van der Waals surface area contributed by atoms with Gasteiger partial charge >= 0.3 is 0 Å². The Balaban J connectivity index is 1.67. The number of nitrogens with one attached hydrogen (secondary N) is 1. The lowest BCUT2D eigenvalue weighted by molar-refractivity contribution is 0.613. The lowest BCUT2D eigenvalue weighted by atomic mass is 10.4. The molecule has 1 saturated carbocycles. The first-order valence-corrected chi connectivity index (χ1v) is 5.91. The van der Waals surface area contributed by atoms with Crippen LogP contribution in [-0.4, -0.2) is 30.8 Å². The summed E-state index contributed by atoms with van der Waals surface area (Å²) in [7, 11) is 1.78. The highest BCUT2D eigenvalue weighted by atomic mass is 15.6. The maximum atomic E-state index is 4.19. The minimum absolute atomic E-state index is 0.683. The zero-order valence-electron chi connectivity index (χ0n) is 9.87. The second-order valence-electron chi connectivity index (χ2n) is 4.48. The van der Waals surface area contributed by atoms with Gasteiger partial charge in [-0.05, 0) is 30.2 Å². The Morgan fingerprint density at radius 2 is 2.35 bits per heavy atom. The van der Waals surface area contributed by atoms with Crippen LogP contribution in [-0.2, 0) is 20.1 Å². The van der Waals surface area contributed by atoms with Gasteiger partial charge in [-0.2, -0.15) is 4.80 Å². The predicted molar refractivity (Wildman–Crippen MR) is 62.2 cm³/mol. The Kier molecular flexibility index (Phi) is 2.64. The fraction of sp³-hybridized carbons (Fsp3) is 0.545. The number of hydrogen-bond donors (Lipinski definition) is 1. The molecule has 2 heterocycles. The van der Waals surface area contributed by atoms with E-state index in [-0.39, 0.29) is 0 Å². The van der Waals surface area contributed by atoms with E-state index in [0.29, 0.717) is 6.54 Å². The molecule has 0 aromatic carbocycles. The first kappa shape index (κ1) is 10.5. The fourth-order valence-corrected chi connectivity index (χ4v) is 1.84. The van der Waals surface area contributed by atoms with Crippen LogP contribution in [0.2, 0.25) is 0 Å². The molecule has 1 aliphatic carbocycles. The van der Waals surface area contributed by atoms with Gasteiger partial charge in [-0.15, -0.1) is 10.2 Å². The molecule has 0 spiro atoms. The van der Waals surface area contributed by atoms with Crippen LogP contribution >= 0.6 is 0 Å². The molecule has 0 atom stereocenters. The zero-order valence-corrected chi connectivity index (χ0v) is 9.87. The minimum Gasteiger partial charge on any atom is -0.342 e. The smallest absolute Gasteiger partial charge is 0.194 e. The van der Waals surface area contributed by atoms with Gasteiger partial charge in [-0.25, -0.2) is 0 Å². The van der Waals surface area contributed by atoms with Crippen molar-refractivity contribution in [2.45, 2.75) is 32.0 Å². The molecule has 17 heavy (non-hydrogen) atoms. The van der Waals surface area contributed by atoms with Gasteiger partial charge in [0.25, 0.3) is 0 Å². The number of aryl methyl sites for hydroxylation is 1. The summed E-state index contributed by atoms with van der Waals surface area (Å²) in [6, 6.07) is 4.92. The summed E-state index contributed by atoms with van der Waals surface area (Å²) in [6.07, 6.45) is 4.68. The van der Waals surface area contributed by atoms with Crippen LogP contribution in [0.25, 0.3) is 0 Å². The Morgan fingerprint density at radius 1 is 1.47 bits per heavy atom. The van der Waals surface area contributed by atoms with Crippen molar-refractivity contribution in [3.63, 3.8) is 0 Å². The van der Waals surface area contributed by atoms with Crippen molar-refractivity contribution >= 4 is 0 Å². The third-order valence-electron chi connectivity index (χ3n) is 2.93. The Bertz CT molecular complexity index is 496. The standard InChI is InChI=1S/C11H16N6/c1-16-14-11(13-15-16)8-17-6-2-3-10(17)7-12-9-4-5-9/h2-3,6,9,12H,4-5,7-8H2,1H3. The third-order valence-corrected chi connectivity index (χ3v) is 2.93. The molecule has 0 bridgehead atoms. The molecule has 90 valence electrons. The molecule has 0 radical (unpaired) electrons. The summed E-state index contributed by atoms with van der Waals surface area (Å²) in [4.78, 5) is 1.49. The van der Waals surface area contributed by atoms with Gasteiger partial charge in [0.05, 0.1) is 13.6 Å². The SMILES string of the molecule is Cn1nnc(Cn2cccc2CNC2CC2)n1. The Hall–Kier alpha value is -1.69. The Labute approximate surface area is 99.6 Å². The molecule has 1 fully saturated rings. The van der Waals surface area contributed by atoms with Crippen molar-refractivity contribution in [1.29, 1.82) is 0 Å². The maximum absolute atomic E-state index is 4.19. The first-order chi connectivity index (χ1) is 8.31. The average Bonchev–Trinajstić information content (AvgIpc) is 2.90. The summed E-state index contributed by atoms with van der Waals surface area (Å²) in [6.45, 7) is 1.60. The van der Waals surface area contributed by atoms with Crippen LogP contribution in [0.4, 0.5) is 0 Å². The minimum atomic E-state index is 0.683. The second-order valence-corrected chi connectivity index (χ2v) is 4.48. The van der Waals surface area contributed by atoms with Crippen molar-refractivity contribution in [1.82, 2.24) is 30.1 Å². The fourth-order valence-electron chi connectivity index (χ4n) is 1.84. The normalized spacial score (nSPS) is 15.4. The molecule has 0 saturated heterocycles. The Morgan fingerprint density at radius 3 is 3.06 bits per heavy atom. The number of hydrogen-bond acceptors (Lipinski definition) is 4. The topological polar surface area (TPSA) is 60.6 Å². The van der Waals surface area contributed by atoms with Crippen molar-refractivity contribution in [3.05, 3.63) is 29.8 Å². The van der Waals surface area contributed by atoms with Crippen LogP contribution in [0, 0.1) is 0 Å². The molecule has 1 aliphatic rings. The van der Waals surface area contributed by atoms with E-state index in [2.05, 4.69) is 43.6 Å². The van der Waals surface area contributed by atoms with E-state index in [1.165, 1.54) is 23.3 Å². The summed E-state index contributed by atoms with van der Waals surface area (Å²) < 4.78 is 2.16. The monoisotopic (exact) mass is 232 g/mol. The molecule has 0 aliphatic heterocycles. The summed E-state index contributed by atoms with van der Waals surface area (Å²) in [5.41, 5.74) is 1.27. The van der Waals surface area contributed by atoms with E-state index >= 15 is 0 Å². The van der Waals surface area contributed by atoms with Crippen LogP contribution in [0.15, 0.2) is 18.3 Å². The molecule has 2 aromatic heterocycles. The average molecular weight is 232 g/mol. The highest BCUT2D eigenvalue weighted by Crippen LogP contribution is 2.19. The lowest BCUT2D eigenvalue weighted by Gasteiger charge is -2.07. The molecule has 1 N–H and O–H groups in total. The van der Waals surface area contributed by atoms with E-state index in [1.54, 1.807) is 7.05 Å². The highest BCUT2D eigenvalue weighted by Gasteiger charge is 2.20. The molecular formula is C11H16N6. The number of tetrazole rings is 1. The molecule has 6 nitrogen and oxygen atoms in total. The first-order valence-electron chi connectivity index (χ1n) is 5.91. The van der Waals surface area contributed by atoms with Gasteiger partial charge in [0.2, 0.25) is 0 Å². The molecule has 6 heteroatoms. The predicted octanol–water partition coefficient (Wildman–Crippen LogP) is 0.312. The number of rotatable bonds is 5. The van der Waals surface area contributed by atoms with E-state index < -0.39 is 0 Å². The van der Waals surface area contributed by atoms with Crippen molar-refractivity contribution in [2.75, 3.05) is 0 Å². The van der Waals surface area contributed by atoms with Crippen molar-refractivity contribution in [3.8, 4) is 0 Å². The lowest BCUT2D eigenvalue weighted by Crippen LogP contribution is -2.18. The quantitative estimate of drug-likeness (QED) is 0.806. The van der Waals surface area contributed by atoms with Gasteiger partial charge in [0.15, 0.2) is 5.82 Å². The third kappa shape index (κ3) is 2.52. The van der Waals surface area contributed by atoms with E-state index in [0.717, 1.165) is 18.4 Å². The van der Waals surface area contributed by atoms with Crippen LogP contribution in [0.1, 0.15) is 24.4 Å². The summed E-state index contributed by atoms with van der Waals surface area (Å²) >= 11 is 0. The summed E-state index contributed by atoms with van der Waals surface area (Å²) in [5.74, 6) is 0.747. The highest BCUT2D eigenvalue weighted by molar-refractivity contribution is 5.09. The van der Waals surface area contributed by atoms with Crippen LogP contribution in [0.5, 0.6) is 0 Å². The largest absolute Gasteiger partial charge is 0.342 e. The van der Waals surface area contributed by atoms with Gasteiger partial charge in [-0.1, -0.05) is 0 Å². The van der Waals surface area contributed by atoms with Crippen molar-refractivity contribution < 1.29 is 0 Å². The summed E-state index contributed by atoms with van der Waals surface area (Å²) in [5, 5.41) is 15.5. The molecule has 0 unspecified atom stereocenters. The number of aromatic nitrogens is 5. The van der Waals surface area contributed by atoms with Gasteiger partial charge in [0.1, 0.15) is 0 Å². The van der Waals surface area contributed by atoms with Gasteiger partial charge in [-0.3, -0.25) is 0 Å². The molecule has 2 aromatic rings. The van der Waals surface area contributed by atoms with Crippen LogP contribution < -0.4 is 5.32 Å². The number of nitrogens with zero attached hydrogens (tertiary/aromatic N) is 5. The van der Waals surface area contributed by atoms with Gasteiger partial charge in [0, 0.05) is 24.5 Å². The van der Waals surface area contributed by atoms with E-state index in [4.69, 9.17) is 0 Å². The van der Waals surface area contributed by atoms with Crippen molar-refractivity contribution in [2.24, 2.45) is 7.05 Å². The van der Waals surface area contributed by atoms with E-state index in [9.17, 15) is 0 Å².